The van der Waals surface area contributed by atoms with Crippen LogP contribution in [0.5, 0.6) is 0 Å². The van der Waals surface area contributed by atoms with Crippen LogP contribution >= 0.6 is 11.8 Å². The van der Waals surface area contributed by atoms with E-state index in [-0.39, 0.29) is 10.9 Å². The summed E-state index contributed by atoms with van der Waals surface area (Å²) in [7, 11) is 0. The number of carboxylic acid groups (broad SMARTS) is 1. The minimum atomic E-state index is -0.939. The molecule has 2 rings (SSSR count). The predicted octanol–water partition coefficient (Wildman–Crippen LogP) is 2.41. The number of ether oxygens (including phenoxy) is 1. The molecule has 2 atom stereocenters. The molecular formula is C12H18N2O4S. The highest BCUT2D eigenvalue weighted by Crippen LogP contribution is 2.32. The Bertz CT molecular complexity index is 455. The zero-order valence-corrected chi connectivity index (χ0v) is 12.1. The molecule has 2 heterocycles. The molecule has 6 nitrogen and oxygen atoms in total. The molecular weight excluding hydrogens is 268 g/mol. The molecule has 1 saturated heterocycles. The van der Waals surface area contributed by atoms with Crippen molar-refractivity contribution in [3.63, 3.8) is 0 Å². The van der Waals surface area contributed by atoms with E-state index in [2.05, 4.69) is 30.9 Å². The van der Waals surface area contributed by atoms with Crippen LogP contribution in [0.25, 0.3) is 0 Å². The van der Waals surface area contributed by atoms with E-state index in [9.17, 15) is 4.79 Å². The lowest BCUT2D eigenvalue weighted by molar-refractivity contribution is -0.150. The van der Waals surface area contributed by atoms with Crippen LogP contribution in [0.15, 0.2) is 4.52 Å². The van der Waals surface area contributed by atoms with E-state index in [0.717, 1.165) is 0 Å². The van der Waals surface area contributed by atoms with Gasteiger partial charge in [-0.3, -0.25) is 0 Å². The summed E-state index contributed by atoms with van der Waals surface area (Å²) in [6.07, 6.45) is -0.0642. The number of carbonyl (C=O) groups is 1. The van der Waals surface area contributed by atoms with Gasteiger partial charge in [0.05, 0.1) is 5.75 Å². The maximum absolute atomic E-state index is 10.8. The second-order valence-electron chi connectivity index (χ2n) is 5.48. The average molecular weight is 286 g/mol. The SMILES string of the molecule is CC(C)(C)SCc1noc(C2CCC(C(=O)O)O2)n1. The number of thioether (sulfide) groups is 1. The number of hydrogen-bond acceptors (Lipinski definition) is 6. The monoisotopic (exact) mass is 286 g/mol. The maximum atomic E-state index is 10.8. The van der Waals surface area contributed by atoms with Crippen LogP contribution in [0.3, 0.4) is 0 Å². The molecule has 0 aromatic carbocycles. The van der Waals surface area contributed by atoms with Crippen LogP contribution in [0.2, 0.25) is 0 Å². The second kappa shape index (κ2) is 5.50. The van der Waals surface area contributed by atoms with E-state index in [1.807, 2.05) is 0 Å². The molecule has 106 valence electrons. The van der Waals surface area contributed by atoms with Crippen LogP contribution in [0.1, 0.15) is 51.4 Å². The van der Waals surface area contributed by atoms with E-state index < -0.39 is 12.1 Å². The van der Waals surface area contributed by atoms with Gasteiger partial charge in [0.25, 0.3) is 5.89 Å². The number of nitrogens with zero attached hydrogens (tertiary/aromatic N) is 2. The Morgan fingerprint density at radius 1 is 1.47 bits per heavy atom. The average Bonchev–Trinajstić information content (AvgIpc) is 2.94. The smallest absolute Gasteiger partial charge is 0.332 e. The van der Waals surface area contributed by atoms with Crippen molar-refractivity contribution in [3.05, 3.63) is 11.7 Å². The fourth-order valence-electron chi connectivity index (χ4n) is 1.74. The summed E-state index contributed by atoms with van der Waals surface area (Å²) in [5.74, 6) is 0.735. The van der Waals surface area contributed by atoms with Gasteiger partial charge in [-0.1, -0.05) is 25.9 Å². The summed E-state index contributed by atoms with van der Waals surface area (Å²) < 4.78 is 10.7. The first-order valence-corrected chi connectivity index (χ1v) is 7.18. The van der Waals surface area contributed by atoms with Crippen molar-refractivity contribution in [2.75, 3.05) is 0 Å². The third kappa shape index (κ3) is 3.94. The molecule has 1 aliphatic heterocycles. The molecule has 1 aliphatic rings. The first-order chi connectivity index (χ1) is 8.85. The van der Waals surface area contributed by atoms with Crippen molar-refractivity contribution in [2.24, 2.45) is 0 Å². The van der Waals surface area contributed by atoms with Crippen LogP contribution in [-0.4, -0.2) is 32.1 Å². The van der Waals surface area contributed by atoms with E-state index in [1.165, 1.54) is 0 Å². The van der Waals surface area contributed by atoms with Crippen LogP contribution in [-0.2, 0) is 15.3 Å². The van der Waals surface area contributed by atoms with Gasteiger partial charge >= 0.3 is 5.97 Å². The summed E-state index contributed by atoms with van der Waals surface area (Å²) in [4.78, 5) is 15.1. The normalized spacial score (nSPS) is 23.7. The molecule has 0 aliphatic carbocycles. The Balaban J connectivity index is 1.93. The van der Waals surface area contributed by atoms with Gasteiger partial charge in [0.2, 0.25) is 0 Å². The lowest BCUT2D eigenvalue weighted by Gasteiger charge is -2.15. The van der Waals surface area contributed by atoms with E-state index >= 15 is 0 Å². The molecule has 7 heteroatoms. The van der Waals surface area contributed by atoms with Gasteiger partial charge in [0, 0.05) is 4.75 Å². The van der Waals surface area contributed by atoms with Gasteiger partial charge in [-0.15, -0.1) is 11.8 Å². The van der Waals surface area contributed by atoms with Crippen LogP contribution in [0.4, 0.5) is 0 Å². The summed E-state index contributed by atoms with van der Waals surface area (Å²) in [6.45, 7) is 6.36. The summed E-state index contributed by atoms with van der Waals surface area (Å²) in [6, 6.07) is 0. The van der Waals surface area contributed by atoms with Crippen LogP contribution in [0, 0.1) is 0 Å². The highest BCUT2D eigenvalue weighted by molar-refractivity contribution is 7.99. The quantitative estimate of drug-likeness (QED) is 0.909. The van der Waals surface area contributed by atoms with E-state index in [0.29, 0.717) is 30.3 Å². The number of hydrogen-bond donors (Lipinski definition) is 1. The number of aromatic nitrogens is 2. The Kier molecular flexibility index (Phi) is 4.15. The minimum Gasteiger partial charge on any atom is -0.479 e. The van der Waals surface area contributed by atoms with Crippen molar-refractivity contribution < 1.29 is 19.2 Å². The number of aliphatic carboxylic acids is 1. The fourth-order valence-corrected chi connectivity index (χ4v) is 2.42. The Hall–Kier alpha value is -1.08. The summed E-state index contributed by atoms with van der Waals surface area (Å²) >= 11 is 1.73. The molecule has 2 unspecified atom stereocenters. The second-order valence-corrected chi connectivity index (χ2v) is 7.28. The van der Waals surface area contributed by atoms with Crippen molar-refractivity contribution >= 4 is 17.7 Å². The molecule has 1 aromatic rings. The van der Waals surface area contributed by atoms with Gasteiger partial charge in [-0.2, -0.15) is 4.98 Å². The molecule has 0 radical (unpaired) electrons. The van der Waals surface area contributed by atoms with Gasteiger partial charge in [-0.05, 0) is 12.8 Å². The zero-order chi connectivity index (χ0) is 14.0. The summed E-state index contributed by atoms with van der Waals surface area (Å²) in [5.41, 5.74) is 0. The van der Waals surface area contributed by atoms with Gasteiger partial charge in [0.1, 0.15) is 6.10 Å². The number of carboxylic acids is 1. The van der Waals surface area contributed by atoms with Crippen molar-refractivity contribution in [1.29, 1.82) is 0 Å². The predicted molar refractivity (Wildman–Crippen MR) is 69.8 cm³/mol. The molecule has 1 fully saturated rings. The highest BCUT2D eigenvalue weighted by atomic mass is 32.2. The lowest BCUT2D eigenvalue weighted by Crippen LogP contribution is -2.18. The van der Waals surface area contributed by atoms with Gasteiger partial charge in [-0.25, -0.2) is 4.79 Å². The molecule has 0 bridgehead atoms. The molecule has 19 heavy (non-hydrogen) atoms. The van der Waals surface area contributed by atoms with Crippen molar-refractivity contribution in [1.82, 2.24) is 10.1 Å². The summed E-state index contributed by atoms with van der Waals surface area (Å²) in [5, 5.41) is 12.8. The van der Waals surface area contributed by atoms with Gasteiger partial charge in [0.15, 0.2) is 11.9 Å². The highest BCUT2D eigenvalue weighted by Gasteiger charge is 2.34. The Morgan fingerprint density at radius 2 is 2.21 bits per heavy atom. The molecule has 0 spiro atoms. The van der Waals surface area contributed by atoms with Gasteiger partial charge < -0.3 is 14.4 Å². The Morgan fingerprint density at radius 3 is 2.79 bits per heavy atom. The van der Waals surface area contributed by atoms with Crippen LogP contribution < -0.4 is 0 Å². The standard InChI is InChI=1S/C12H18N2O4S/c1-12(2,3)19-6-9-13-10(18-14-9)7-4-5-8(17-7)11(15)16/h7-8H,4-6H2,1-3H3,(H,15,16). The maximum Gasteiger partial charge on any atom is 0.332 e. The molecule has 1 N–H and O–H groups in total. The Labute approximate surface area is 115 Å². The molecule has 0 amide bonds. The minimum absolute atomic E-state index is 0.138. The van der Waals surface area contributed by atoms with Crippen molar-refractivity contribution in [3.8, 4) is 0 Å². The van der Waals surface area contributed by atoms with E-state index in [4.69, 9.17) is 14.4 Å². The molecule has 1 aromatic heterocycles. The topological polar surface area (TPSA) is 85.5 Å². The van der Waals surface area contributed by atoms with Crippen molar-refractivity contribution in [2.45, 2.75) is 56.3 Å². The van der Waals surface area contributed by atoms with E-state index in [1.54, 1.807) is 11.8 Å². The lowest BCUT2D eigenvalue weighted by atomic mass is 10.2. The largest absolute Gasteiger partial charge is 0.479 e. The first-order valence-electron chi connectivity index (χ1n) is 6.20. The first kappa shape index (κ1) is 14.3. The zero-order valence-electron chi connectivity index (χ0n) is 11.3. The third-order valence-corrected chi connectivity index (χ3v) is 3.96. The third-order valence-electron chi connectivity index (χ3n) is 2.69. The number of rotatable bonds is 4. The molecule has 0 saturated carbocycles. The fraction of sp³-hybridized carbons (Fsp3) is 0.750.